The smallest absolute Gasteiger partial charge is 0.255 e. The number of carbonyl (C=O) groups excluding carboxylic acids is 1. The lowest BCUT2D eigenvalue weighted by Crippen LogP contribution is -2.46. The number of pyridine rings is 1. The number of aromatic nitrogens is 1. The van der Waals surface area contributed by atoms with E-state index in [4.69, 9.17) is 4.42 Å². The van der Waals surface area contributed by atoms with Crippen molar-refractivity contribution in [3.63, 3.8) is 0 Å². The Morgan fingerprint density at radius 3 is 2.62 bits per heavy atom. The number of unbranched alkanes of at least 4 members (excludes halogenated alkanes) is 1. The van der Waals surface area contributed by atoms with Crippen LogP contribution in [0.5, 0.6) is 0 Å². The van der Waals surface area contributed by atoms with E-state index < -0.39 is 0 Å². The molecule has 1 saturated heterocycles. The molecule has 34 heavy (non-hydrogen) atoms. The largest absolute Gasteiger partial charge is 0.454 e. The second kappa shape index (κ2) is 9.47. The molecule has 2 aromatic rings. The molecule has 6 nitrogen and oxygen atoms in total. The summed E-state index contributed by atoms with van der Waals surface area (Å²) >= 11 is 0. The van der Waals surface area contributed by atoms with E-state index in [1.54, 1.807) is 11.0 Å². The molecule has 0 unspecified atom stereocenters. The summed E-state index contributed by atoms with van der Waals surface area (Å²) in [7, 11) is 0. The van der Waals surface area contributed by atoms with Crippen LogP contribution in [0.25, 0.3) is 16.5 Å². The number of nitrogens with zero attached hydrogens (tertiary/aromatic N) is 4. The average molecular weight is 457 g/mol. The molecule has 0 radical (unpaired) electrons. The molecule has 0 spiro atoms. The first kappa shape index (κ1) is 22.4. The summed E-state index contributed by atoms with van der Waals surface area (Å²) in [4.78, 5) is 24.5. The van der Waals surface area contributed by atoms with Crippen molar-refractivity contribution in [2.75, 3.05) is 32.7 Å². The van der Waals surface area contributed by atoms with Gasteiger partial charge >= 0.3 is 0 Å². The third-order valence-corrected chi connectivity index (χ3v) is 6.67. The number of rotatable bonds is 5. The van der Waals surface area contributed by atoms with Gasteiger partial charge in [0.05, 0.1) is 11.4 Å². The summed E-state index contributed by atoms with van der Waals surface area (Å²) in [6.07, 6.45) is 16.1. The molecule has 6 heteroatoms. The molecular weight excluding hydrogens is 424 g/mol. The summed E-state index contributed by atoms with van der Waals surface area (Å²) in [5.41, 5.74) is 5.27. The van der Waals surface area contributed by atoms with Crippen molar-refractivity contribution in [1.29, 1.82) is 0 Å². The molecule has 3 aliphatic rings. The minimum atomic E-state index is -0.0829. The minimum absolute atomic E-state index is 0.0829. The minimum Gasteiger partial charge on any atom is -0.454 e. The number of furan rings is 1. The van der Waals surface area contributed by atoms with E-state index >= 15 is 0 Å². The molecule has 3 aliphatic heterocycles. The van der Waals surface area contributed by atoms with Crippen molar-refractivity contribution in [2.24, 2.45) is 0 Å². The maximum Gasteiger partial charge on any atom is 0.255 e. The molecule has 1 amide bonds. The fourth-order valence-corrected chi connectivity index (χ4v) is 4.79. The van der Waals surface area contributed by atoms with Crippen LogP contribution in [0.1, 0.15) is 36.9 Å². The van der Waals surface area contributed by atoms with Crippen LogP contribution in [0.2, 0.25) is 0 Å². The van der Waals surface area contributed by atoms with Crippen molar-refractivity contribution in [3.8, 4) is 0 Å². The van der Waals surface area contributed by atoms with Crippen LogP contribution in [0.15, 0.2) is 70.6 Å². The van der Waals surface area contributed by atoms with Crippen molar-refractivity contribution in [3.05, 3.63) is 83.3 Å². The van der Waals surface area contributed by atoms with Gasteiger partial charge in [-0.25, -0.2) is 0 Å². The Bertz CT molecular complexity index is 1250. The third-order valence-electron chi connectivity index (χ3n) is 6.67. The maximum absolute atomic E-state index is 13.3. The first-order chi connectivity index (χ1) is 16.5. The van der Waals surface area contributed by atoms with Gasteiger partial charge in [-0.15, -0.1) is 0 Å². The van der Waals surface area contributed by atoms with Gasteiger partial charge < -0.3 is 9.32 Å². The number of piperazine rings is 1. The molecule has 2 aromatic heterocycles. The lowest BCUT2D eigenvalue weighted by atomic mass is 10.1. The molecule has 1 fully saturated rings. The van der Waals surface area contributed by atoms with Crippen LogP contribution >= 0.6 is 0 Å². The second-order valence-corrected chi connectivity index (χ2v) is 9.21. The fourth-order valence-electron chi connectivity index (χ4n) is 4.79. The number of carbonyl (C=O) groups is 1. The van der Waals surface area contributed by atoms with Gasteiger partial charge in [-0.05, 0) is 57.2 Å². The Morgan fingerprint density at radius 1 is 1.03 bits per heavy atom. The zero-order valence-electron chi connectivity index (χ0n) is 20.3. The Labute approximate surface area is 201 Å². The van der Waals surface area contributed by atoms with Gasteiger partial charge in [0.25, 0.3) is 5.91 Å². The molecule has 0 bridgehead atoms. The van der Waals surface area contributed by atoms with Gasteiger partial charge in [-0.1, -0.05) is 25.5 Å². The average Bonchev–Trinajstić information content (AvgIpc) is 3.25. The molecule has 5 rings (SSSR count). The SMILES string of the molecule is CCCCN1CCN(C2=CN3C(=O)\C=C(c4cc5cc(C)nc(C)c5o4)/C=C/C=C/3C=C2)CC1. The van der Waals surface area contributed by atoms with Crippen molar-refractivity contribution in [1.82, 2.24) is 19.7 Å². The predicted molar refractivity (Wildman–Crippen MR) is 136 cm³/mol. The van der Waals surface area contributed by atoms with Crippen LogP contribution in [-0.4, -0.2) is 58.3 Å². The highest BCUT2D eigenvalue weighted by atomic mass is 16.3. The molecular formula is C28H32N4O2. The van der Waals surface area contributed by atoms with E-state index in [2.05, 4.69) is 27.8 Å². The van der Waals surface area contributed by atoms with Crippen LogP contribution in [0.3, 0.4) is 0 Å². The highest BCUT2D eigenvalue weighted by Crippen LogP contribution is 2.30. The molecule has 0 N–H and O–H groups in total. The highest BCUT2D eigenvalue weighted by Gasteiger charge is 2.24. The van der Waals surface area contributed by atoms with Gasteiger partial charge in [0.1, 0.15) is 5.76 Å². The first-order valence-electron chi connectivity index (χ1n) is 12.2. The molecule has 0 aliphatic carbocycles. The van der Waals surface area contributed by atoms with Crippen LogP contribution in [0.4, 0.5) is 0 Å². The zero-order valence-corrected chi connectivity index (χ0v) is 20.3. The molecule has 0 aromatic carbocycles. The van der Waals surface area contributed by atoms with E-state index in [0.29, 0.717) is 5.76 Å². The zero-order chi connectivity index (χ0) is 23.7. The van der Waals surface area contributed by atoms with Crippen molar-refractivity contribution >= 4 is 22.4 Å². The topological polar surface area (TPSA) is 52.8 Å². The van der Waals surface area contributed by atoms with Gasteiger partial charge in [0, 0.05) is 60.8 Å². The Kier molecular flexibility index (Phi) is 6.24. The monoisotopic (exact) mass is 456 g/mol. The van der Waals surface area contributed by atoms with Gasteiger partial charge in [0.15, 0.2) is 5.58 Å². The molecule has 5 heterocycles. The van der Waals surface area contributed by atoms with Crippen LogP contribution < -0.4 is 0 Å². The number of hydrogen-bond acceptors (Lipinski definition) is 5. The number of amides is 1. The maximum atomic E-state index is 13.3. The lowest BCUT2D eigenvalue weighted by molar-refractivity contribution is -0.122. The predicted octanol–water partition coefficient (Wildman–Crippen LogP) is 4.94. The van der Waals surface area contributed by atoms with Crippen LogP contribution in [0, 0.1) is 13.8 Å². The van der Waals surface area contributed by atoms with Crippen molar-refractivity contribution in [2.45, 2.75) is 33.6 Å². The number of fused-ring (bicyclic) bond motifs is 2. The lowest BCUT2D eigenvalue weighted by Gasteiger charge is -2.38. The Balaban J connectivity index is 1.38. The second-order valence-electron chi connectivity index (χ2n) is 9.21. The summed E-state index contributed by atoms with van der Waals surface area (Å²) in [6.45, 7) is 11.4. The normalized spacial score (nSPS) is 23.0. The molecule has 0 atom stereocenters. The number of aryl methyl sites for hydroxylation is 2. The highest BCUT2D eigenvalue weighted by molar-refractivity contribution is 6.00. The summed E-state index contributed by atoms with van der Waals surface area (Å²) < 4.78 is 6.11. The molecule has 0 saturated carbocycles. The van der Waals surface area contributed by atoms with E-state index in [-0.39, 0.29) is 5.91 Å². The fraction of sp³-hybridized carbons (Fsp3) is 0.357. The summed E-state index contributed by atoms with van der Waals surface area (Å²) in [6, 6.07) is 4.00. The van der Waals surface area contributed by atoms with Crippen LogP contribution in [-0.2, 0) is 4.79 Å². The molecule has 176 valence electrons. The van der Waals surface area contributed by atoms with Gasteiger partial charge in [-0.2, -0.15) is 0 Å². The van der Waals surface area contributed by atoms with Gasteiger partial charge in [0.2, 0.25) is 0 Å². The van der Waals surface area contributed by atoms with E-state index in [0.717, 1.165) is 65.5 Å². The summed E-state index contributed by atoms with van der Waals surface area (Å²) in [5, 5.41) is 1.00. The first-order valence-corrected chi connectivity index (χ1v) is 12.2. The van der Waals surface area contributed by atoms with E-state index in [9.17, 15) is 4.79 Å². The van der Waals surface area contributed by atoms with E-state index in [1.165, 1.54) is 19.4 Å². The van der Waals surface area contributed by atoms with E-state index in [1.807, 2.05) is 56.5 Å². The number of hydrogen-bond donors (Lipinski definition) is 0. The van der Waals surface area contributed by atoms with Crippen molar-refractivity contribution < 1.29 is 9.21 Å². The standard InChI is InChI=1S/C28H32N4O2/c1-4-5-11-30-12-14-31(15-13-30)25-10-9-24-8-6-7-22(18-27(33)32(24)19-25)26-17-23-16-20(2)29-21(3)28(23)34-26/h6-10,16-19H,4-5,11-15H2,1-3H3/b7-6+,22-18+,24-8+. The number of allylic oxidation sites excluding steroid dienone is 6. The summed E-state index contributed by atoms with van der Waals surface area (Å²) in [5.74, 6) is 0.590. The Morgan fingerprint density at radius 2 is 1.82 bits per heavy atom. The Hall–Kier alpha value is -3.38. The quantitative estimate of drug-likeness (QED) is 0.638. The van der Waals surface area contributed by atoms with Gasteiger partial charge in [-0.3, -0.25) is 19.6 Å². The third kappa shape index (κ3) is 4.50.